The Kier molecular flexibility index (Phi) is 4.71. The smallest absolute Gasteiger partial charge is 0.354 e. The summed E-state index contributed by atoms with van der Waals surface area (Å²) in [5.74, 6) is -0.791. The Labute approximate surface area is 150 Å². The second-order valence-electron chi connectivity index (χ2n) is 6.35. The molecule has 1 amide bonds. The summed E-state index contributed by atoms with van der Waals surface area (Å²) in [5.41, 5.74) is 1.96. The first kappa shape index (κ1) is 17.6. The van der Waals surface area contributed by atoms with E-state index >= 15 is 0 Å². The molecular formula is C19H20N4O3. The second kappa shape index (κ2) is 6.95. The van der Waals surface area contributed by atoms with Gasteiger partial charge in [-0.2, -0.15) is 0 Å². The number of aromatic nitrogens is 3. The summed E-state index contributed by atoms with van der Waals surface area (Å²) in [7, 11) is 0. The summed E-state index contributed by atoms with van der Waals surface area (Å²) >= 11 is 0. The number of hydrogen-bond donors (Lipinski definition) is 2. The quantitative estimate of drug-likeness (QED) is 0.735. The molecule has 0 saturated heterocycles. The minimum absolute atomic E-state index is 0.167. The third kappa shape index (κ3) is 3.28. The molecular weight excluding hydrogens is 332 g/mol. The molecule has 0 fully saturated rings. The van der Waals surface area contributed by atoms with Crippen LogP contribution in [0.25, 0.3) is 11.0 Å². The average Bonchev–Trinajstić information content (AvgIpc) is 3.01. The predicted octanol–water partition coefficient (Wildman–Crippen LogP) is 3.20. The highest BCUT2D eigenvalue weighted by Gasteiger charge is 2.21. The Morgan fingerprint density at radius 3 is 2.58 bits per heavy atom. The zero-order valence-corrected chi connectivity index (χ0v) is 14.8. The van der Waals surface area contributed by atoms with E-state index in [2.05, 4.69) is 33.7 Å². The number of carboxylic acid groups (broad SMARTS) is 1. The van der Waals surface area contributed by atoms with Gasteiger partial charge in [-0.15, -0.1) is 0 Å². The molecule has 0 saturated carbocycles. The van der Waals surface area contributed by atoms with Crippen molar-refractivity contribution in [2.75, 3.05) is 0 Å². The first-order valence-electron chi connectivity index (χ1n) is 8.35. The molecule has 0 radical (unpaired) electrons. The molecule has 7 heteroatoms. The number of nitrogens with one attached hydrogen (secondary N) is 1. The normalized spacial score (nSPS) is 12.3. The van der Waals surface area contributed by atoms with E-state index < -0.39 is 5.97 Å². The standard InChI is InChI=1S/C19H20N4O3/c1-11(2)23-16-7-5-4-6-14(16)22-17(23)12(3)21-18(24)13-8-9-20-15(10-13)19(25)26/h4-12H,1-3H3,(H,21,24)(H,25,26). The van der Waals surface area contributed by atoms with Crippen molar-refractivity contribution in [1.29, 1.82) is 0 Å². The number of pyridine rings is 1. The van der Waals surface area contributed by atoms with Crippen LogP contribution < -0.4 is 5.32 Å². The van der Waals surface area contributed by atoms with Crippen LogP contribution in [-0.2, 0) is 0 Å². The number of carbonyl (C=O) groups excluding carboxylic acids is 1. The molecule has 0 spiro atoms. The molecule has 26 heavy (non-hydrogen) atoms. The lowest BCUT2D eigenvalue weighted by Crippen LogP contribution is -2.29. The van der Waals surface area contributed by atoms with E-state index in [0.717, 1.165) is 16.9 Å². The van der Waals surface area contributed by atoms with Gasteiger partial charge in [0, 0.05) is 17.8 Å². The zero-order valence-electron chi connectivity index (χ0n) is 14.8. The number of amides is 1. The summed E-state index contributed by atoms with van der Waals surface area (Å²) in [6, 6.07) is 10.4. The van der Waals surface area contributed by atoms with Gasteiger partial charge >= 0.3 is 5.97 Å². The first-order chi connectivity index (χ1) is 12.4. The van der Waals surface area contributed by atoms with Gasteiger partial charge in [0.1, 0.15) is 11.5 Å². The summed E-state index contributed by atoms with van der Waals surface area (Å²) in [4.78, 5) is 32.0. The van der Waals surface area contributed by atoms with Crippen molar-refractivity contribution in [3.05, 3.63) is 59.7 Å². The van der Waals surface area contributed by atoms with Crippen LogP contribution in [0.4, 0.5) is 0 Å². The number of aromatic carboxylic acids is 1. The lowest BCUT2D eigenvalue weighted by Gasteiger charge is -2.19. The van der Waals surface area contributed by atoms with Crippen LogP contribution in [0.2, 0.25) is 0 Å². The highest BCUT2D eigenvalue weighted by molar-refractivity contribution is 5.96. The molecule has 0 aliphatic carbocycles. The SMILES string of the molecule is CC(NC(=O)c1ccnc(C(=O)O)c1)c1nc2ccccc2n1C(C)C. The van der Waals surface area contributed by atoms with Crippen molar-refractivity contribution in [2.45, 2.75) is 32.9 Å². The van der Waals surface area contributed by atoms with E-state index in [1.165, 1.54) is 18.3 Å². The van der Waals surface area contributed by atoms with Crippen LogP contribution >= 0.6 is 0 Å². The van der Waals surface area contributed by atoms with Gasteiger partial charge < -0.3 is 15.0 Å². The van der Waals surface area contributed by atoms with Gasteiger partial charge in [0.2, 0.25) is 0 Å². The van der Waals surface area contributed by atoms with E-state index in [9.17, 15) is 9.59 Å². The lowest BCUT2D eigenvalue weighted by molar-refractivity contribution is 0.0690. The van der Waals surface area contributed by atoms with Crippen LogP contribution in [0, 0.1) is 0 Å². The van der Waals surface area contributed by atoms with Crippen LogP contribution in [0.3, 0.4) is 0 Å². The van der Waals surface area contributed by atoms with E-state index in [4.69, 9.17) is 5.11 Å². The third-order valence-corrected chi connectivity index (χ3v) is 4.12. The van der Waals surface area contributed by atoms with Crippen molar-refractivity contribution in [2.24, 2.45) is 0 Å². The van der Waals surface area contributed by atoms with Gasteiger partial charge in [0.25, 0.3) is 5.91 Å². The van der Waals surface area contributed by atoms with Gasteiger partial charge in [0.05, 0.1) is 17.1 Å². The van der Waals surface area contributed by atoms with Gasteiger partial charge in [-0.3, -0.25) is 4.79 Å². The Balaban J connectivity index is 1.90. The van der Waals surface area contributed by atoms with Crippen molar-refractivity contribution in [3.63, 3.8) is 0 Å². The number of hydrogen-bond acceptors (Lipinski definition) is 4. The second-order valence-corrected chi connectivity index (χ2v) is 6.35. The molecule has 1 unspecified atom stereocenters. The molecule has 7 nitrogen and oxygen atoms in total. The Bertz CT molecular complexity index is 978. The molecule has 3 rings (SSSR count). The summed E-state index contributed by atoms with van der Waals surface area (Å²) in [6.07, 6.45) is 1.31. The number of nitrogens with zero attached hydrogens (tertiary/aromatic N) is 3. The Hall–Kier alpha value is -3.22. The number of carboxylic acids is 1. The molecule has 2 N–H and O–H groups in total. The molecule has 0 aliphatic heterocycles. The van der Waals surface area contributed by atoms with E-state index in [1.54, 1.807) is 0 Å². The molecule has 0 bridgehead atoms. The average molecular weight is 352 g/mol. The topological polar surface area (TPSA) is 97.1 Å². The van der Waals surface area contributed by atoms with E-state index in [1.807, 2.05) is 31.2 Å². The zero-order chi connectivity index (χ0) is 18.8. The van der Waals surface area contributed by atoms with Crippen LogP contribution in [0.1, 0.15) is 59.5 Å². The number of fused-ring (bicyclic) bond motifs is 1. The van der Waals surface area contributed by atoms with Crippen molar-refractivity contribution >= 4 is 22.9 Å². The maximum atomic E-state index is 12.5. The van der Waals surface area contributed by atoms with Gasteiger partial charge in [-0.1, -0.05) is 12.1 Å². The fraction of sp³-hybridized carbons (Fsp3) is 0.263. The number of benzene rings is 1. The van der Waals surface area contributed by atoms with Crippen LogP contribution in [0.15, 0.2) is 42.6 Å². The van der Waals surface area contributed by atoms with Crippen molar-refractivity contribution in [1.82, 2.24) is 19.9 Å². The summed E-state index contributed by atoms with van der Waals surface area (Å²) in [5, 5.41) is 11.9. The van der Waals surface area contributed by atoms with Gasteiger partial charge in [-0.25, -0.2) is 14.8 Å². The fourth-order valence-electron chi connectivity index (χ4n) is 2.94. The maximum absolute atomic E-state index is 12.5. The van der Waals surface area contributed by atoms with Gasteiger partial charge in [0.15, 0.2) is 0 Å². The molecule has 2 aromatic heterocycles. The molecule has 134 valence electrons. The molecule has 2 heterocycles. The Morgan fingerprint density at radius 1 is 1.15 bits per heavy atom. The molecule has 3 aromatic rings. The monoisotopic (exact) mass is 352 g/mol. The summed E-state index contributed by atoms with van der Waals surface area (Å²) < 4.78 is 2.09. The number of carbonyl (C=O) groups is 2. The fourth-order valence-corrected chi connectivity index (χ4v) is 2.94. The minimum Gasteiger partial charge on any atom is -0.477 e. The van der Waals surface area contributed by atoms with Crippen molar-refractivity contribution in [3.8, 4) is 0 Å². The number of rotatable bonds is 5. The van der Waals surface area contributed by atoms with Crippen LogP contribution in [-0.4, -0.2) is 31.5 Å². The number of para-hydroxylation sites is 2. The van der Waals surface area contributed by atoms with E-state index in [-0.39, 0.29) is 29.2 Å². The number of imidazole rings is 1. The minimum atomic E-state index is -1.17. The predicted molar refractivity (Wildman–Crippen MR) is 97.2 cm³/mol. The Morgan fingerprint density at radius 2 is 1.88 bits per heavy atom. The molecule has 1 atom stereocenters. The van der Waals surface area contributed by atoms with Gasteiger partial charge in [-0.05, 0) is 45.0 Å². The largest absolute Gasteiger partial charge is 0.477 e. The highest BCUT2D eigenvalue weighted by Crippen LogP contribution is 2.25. The summed E-state index contributed by atoms with van der Waals surface area (Å²) in [6.45, 7) is 5.99. The first-order valence-corrected chi connectivity index (χ1v) is 8.35. The van der Waals surface area contributed by atoms with E-state index in [0.29, 0.717) is 0 Å². The third-order valence-electron chi connectivity index (χ3n) is 4.12. The highest BCUT2D eigenvalue weighted by atomic mass is 16.4. The molecule has 0 aliphatic rings. The maximum Gasteiger partial charge on any atom is 0.354 e. The van der Waals surface area contributed by atoms with Crippen molar-refractivity contribution < 1.29 is 14.7 Å². The lowest BCUT2D eigenvalue weighted by atomic mass is 10.2. The molecule has 1 aromatic carbocycles. The van der Waals surface area contributed by atoms with Crippen LogP contribution in [0.5, 0.6) is 0 Å².